The first-order valence-electron chi connectivity index (χ1n) is 7.93. The first-order valence-corrected chi connectivity index (χ1v) is 7.93. The molecule has 0 bridgehead atoms. The molecule has 0 saturated heterocycles. The summed E-state index contributed by atoms with van der Waals surface area (Å²) in [7, 11) is 0. The van der Waals surface area contributed by atoms with Gasteiger partial charge in [-0.05, 0) is 36.7 Å². The maximum absolute atomic E-state index is 4.63. The van der Waals surface area contributed by atoms with Gasteiger partial charge in [-0.15, -0.1) is 0 Å². The summed E-state index contributed by atoms with van der Waals surface area (Å²) in [6, 6.07) is 0. The summed E-state index contributed by atoms with van der Waals surface area (Å²) in [5, 5.41) is 1.32. The van der Waals surface area contributed by atoms with Crippen LogP contribution in [0.15, 0.2) is 6.33 Å². The van der Waals surface area contributed by atoms with E-state index in [1.54, 1.807) is 6.33 Å². The van der Waals surface area contributed by atoms with Crippen molar-refractivity contribution in [1.29, 1.82) is 0 Å². The van der Waals surface area contributed by atoms with E-state index in [1.807, 2.05) is 0 Å². The van der Waals surface area contributed by atoms with Crippen LogP contribution in [-0.2, 0) is 6.42 Å². The van der Waals surface area contributed by atoms with Crippen LogP contribution in [0, 0.1) is 5.92 Å². The molecule has 0 amide bonds. The molecule has 3 nitrogen and oxygen atoms in total. The zero-order valence-electron chi connectivity index (χ0n) is 13.0. The van der Waals surface area contributed by atoms with Gasteiger partial charge in [0.15, 0.2) is 0 Å². The number of aromatic amines is 1. The number of H-pyrrole nitrogens is 1. The van der Waals surface area contributed by atoms with Crippen molar-refractivity contribution in [1.82, 2.24) is 15.0 Å². The largest absolute Gasteiger partial charge is 0.343 e. The van der Waals surface area contributed by atoms with Crippen molar-refractivity contribution < 1.29 is 0 Å². The van der Waals surface area contributed by atoms with Gasteiger partial charge < -0.3 is 4.98 Å². The molecule has 1 aliphatic rings. The van der Waals surface area contributed by atoms with E-state index in [-0.39, 0.29) is 0 Å². The average molecular weight is 271 g/mol. The van der Waals surface area contributed by atoms with Crippen molar-refractivity contribution in [3.8, 4) is 0 Å². The number of hydrogen-bond acceptors (Lipinski definition) is 2. The van der Waals surface area contributed by atoms with Crippen molar-refractivity contribution >= 4 is 11.0 Å². The third-order valence-corrected chi connectivity index (χ3v) is 4.42. The van der Waals surface area contributed by atoms with Crippen molar-refractivity contribution in [3.05, 3.63) is 23.3 Å². The second kappa shape index (κ2) is 5.19. The fourth-order valence-corrected chi connectivity index (χ4v) is 3.32. The van der Waals surface area contributed by atoms with Crippen LogP contribution in [-0.4, -0.2) is 15.0 Å². The van der Waals surface area contributed by atoms with Crippen LogP contribution >= 0.6 is 0 Å². The van der Waals surface area contributed by atoms with Crippen LogP contribution in [0.2, 0.25) is 0 Å². The Morgan fingerprint density at radius 3 is 2.50 bits per heavy atom. The summed E-state index contributed by atoms with van der Waals surface area (Å²) >= 11 is 0. The van der Waals surface area contributed by atoms with Gasteiger partial charge in [-0.1, -0.05) is 34.1 Å². The first-order chi connectivity index (χ1) is 9.58. The maximum atomic E-state index is 4.63. The molecule has 20 heavy (non-hydrogen) atoms. The van der Waals surface area contributed by atoms with Gasteiger partial charge in [-0.2, -0.15) is 0 Å². The van der Waals surface area contributed by atoms with Crippen LogP contribution in [0.1, 0.15) is 75.7 Å². The van der Waals surface area contributed by atoms with Crippen molar-refractivity contribution in [2.45, 2.75) is 65.2 Å². The fraction of sp³-hybridized carbons (Fsp3) is 0.647. The van der Waals surface area contributed by atoms with Crippen LogP contribution in [0.25, 0.3) is 11.0 Å². The third-order valence-electron chi connectivity index (χ3n) is 4.42. The van der Waals surface area contributed by atoms with Crippen LogP contribution in [0.5, 0.6) is 0 Å². The van der Waals surface area contributed by atoms with Gasteiger partial charge in [0.25, 0.3) is 0 Å². The molecule has 1 aliphatic carbocycles. The molecule has 1 N–H and O–H groups in total. The Labute approximate surface area is 121 Å². The lowest BCUT2D eigenvalue weighted by Gasteiger charge is -2.25. The number of rotatable bonds is 4. The predicted molar refractivity (Wildman–Crippen MR) is 83.1 cm³/mol. The van der Waals surface area contributed by atoms with E-state index in [1.165, 1.54) is 41.6 Å². The summed E-state index contributed by atoms with van der Waals surface area (Å²) < 4.78 is 0. The fourth-order valence-electron chi connectivity index (χ4n) is 3.32. The van der Waals surface area contributed by atoms with Gasteiger partial charge in [-0.3, -0.25) is 0 Å². The van der Waals surface area contributed by atoms with E-state index in [0.29, 0.717) is 17.8 Å². The molecule has 2 aromatic heterocycles. The Bertz CT molecular complexity index is 606. The Balaban J connectivity index is 2.19. The van der Waals surface area contributed by atoms with Gasteiger partial charge in [0.2, 0.25) is 0 Å². The van der Waals surface area contributed by atoms with Gasteiger partial charge in [0.05, 0.1) is 5.69 Å². The van der Waals surface area contributed by atoms with E-state index in [4.69, 9.17) is 0 Å². The van der Waals surface area contributed by atoms with Crippen molar-refractivity contribution in [2.24, 2.45) is 5.92 Å². The number of aromatic nitrogens is 3. The maximum Gasteiger partial charge on any atom is 0.141 e. The molecule has 2 heterocycles. The predicted octanol–water partition coefficient (Wildman–Crippen LogP) is 4.55. The standard InChI is InChI=1S/C17H25N3/c1-10(2)8-13-14(11(3)4)15-16(12-6-5-7-12)18-9-19-17(15)20-13/h9-12H,5-8H2,1-4H3,(H,18,19,20). The lowest BCUT2D eigenvalue weighted by atomic mass is 9.80. The molecule has 0 unspecified atom stereocenters. The number of nitrogens with one attached hydrogen (secondary N) is 1. The molecule has 0 aliphatic heterocycles. The number of fused-ring (bicyclic) bond motifs is 1. The summed E-state index contributed by atoms with van der Waals surface area (Å²) in [6.45, 7) is 9.11. The molecule has 0 atom stereocenters. The number of hydrogen-bond donors (Lipinski definition) is 1. The summed E-state index contributed by atoms with van der Waals surface area (Å²) in [4.78, 5) is 12.7. The zero-order valence-corrected chi connectivity index (χ0v) is 13.0. The zero-order chi connectivity index (χ0) is 14.3. The molecule has 0 spiro atoms. The highest BCUT2D eigenvalue weighted by atomic mass is 14.9. The molecule has 0 radical (unpaired) electrons. The molecule has 108 valence electrons. The normalized spacial score (nSPS) is 16.3. The number of nitrogens with zero attached hydrogens (tertiary/aromatic N) is 2. The van der Waals surface area contributed by atoms with E-state index in [2.05, 4.69) is 42.6 Å². The van der Waals surface area contributed by atoms with E-state index in [0.717, 1.165) is 12.1 Å². The third kappa shape index (κ3) is 2.23. The minimum atomic E-state index is 0.516. The minimum absolute atomic E-state index is 0.516. The van der Waals surface area contributed by atoms with Gasteiger partial charge in [0, 0.05) is 17.0 Å². The quantitative estimate of drug-likeness (QED) is 0.886. The van der Waals surface area contributed by atoms with Gasteiger partial charge in [0.1, 0.15) is 12.0 Å². The van der Waals surface area contributed by atoms with E-state index < -0.39 is 0 Å². The molecule has 1 fully saturated rings. The van der Waals surface area contributed by atoms with Gasteiger partial charge in [-0.25, -0.2) is 9.97 Å². The highest BCUT2D eigenvalue weighted by Gasteiger charge is 2.27. The second-order valence-corrected chi connectivity index (χ2v) is 6.88. The lowest BCUT2D eigenvalue weighted by molar-refractivity contribution is 0.413. The second-order valence-electron chi connectivity index (χ2n) is 6.88. The van der Waals surface area contributed by atoms with Crippen LogP contribution < -0.4 is 0 Å². The molecule has 1 saturated carbocycles. The van der Waals surface area contributed by atoms with Crippen molar-refractivity contribution in [3.63, 3.8) is 0 Å². The lowest BCUT2D eigenvalue weighted by Crippen LogP contribution is -2.12. The smallest absolute Gasteiger partial charge is 0.141 e. The average Bonchev–Trinajstić information content (AvgIpc) is 2.64. The van der Waals surface area contributed by atoms with Crippen LogP contribution in [0.3, 0.4) is 0 Å². The van der Waals surface area contributed by atoms with Crippen LogP contribution in [0.4, 0.5) is 0 Å². The van der Waals surface area contributed by atoms with E-state index in [9.17, 15) is 0 Å². The highest BCUT2D eigenvalue weighted by Crippen LogP contribution is 2.41. The Hall–Kier alpha value is -1.38. The Morgan fingerprint density at radius 2 is 1.95 bits per heavy atom. The molecule has 2 aromatic rings. The molecule has 3 rings (SSSR count). The van der Waals surface area contributed by atoms with Crippen molar-refractivity contribution in [2.75, 3.05) is 0 Å². The molecule has 0 aromatic carbocycles. The molecular formula is C17H25N3. The first kappa shape index (κ1) is 13.6. The Morgan fingerprint density at radius 1 is 1.20 bits per heavy atom. The summed E-state index contributed by atoms with van der Waals surface area (Å²) in [5.41, 5.74) is 5.15. The van der Waals surface area contributed by atoms with E-state index >= 15 is 0 Å². The minimum Gasteiger partial charge on any atom is -0.343 e. The Kier molecular flexibility index (Phi) is 3.53. The monoisotopic (exact) mass is 271 g/mol. The summed E-state index contributed by atoms with van der Waals surface area (Å²) in [6.07, 6.45) is 6.74. The topological polar surface area (TPSA) is 41.6 Å². The highest BCUT2D eigenvalue weighted by molar-refractivity contribution is 5.85. The summed E-state index contributed by atoms with van der Waals surface area (Å²) in [5.74, 6) is 1.82. The van der Waals surface area contributed by atoms with Gasteiger partial charge >= 0.3 is 0 Å². The molecule has 3 heteroatoms. The molecular weight excluding hydrogens is 246 g/mol. The SMILES string of the molecule is CC(C)Cc1[nH]c2ncnc(C3CCC3)c2c1C(C)C.